The van der Waals surface area contributed by atoms with Gasteiger partial charge in [-0.3, -0.25) is 14.1 Å². The van der Waals surface area contributed by atoms with E-state index < -0.39 is 57.4 Å². The fourth-order valence-corrected chi connectivity index (χ4v) is 2.96. The van der Waals surface area contributed by atoms with E-state index in [-0.39, 0.29) is 23.3 Å². The van der Waals surface area contributed by atoms with Gasteiger partial charge in [0.1, 0.15) is 17.1 Å². The SMILES string of the molecule is [2H]c1cc(C(=O)NC)cc([2H])c1Nc1ncc(C(F)(F)F)c(NC([2H])([2H])c2nccnc2N(C)S(C)(=O)=O)n1. The first-order valence-corrected chi connectivity index (χ1v) is 11.4. The highest BCUT2D eigenvalue weighted by atomic mass is 32.2. The van der Waals surface area contributed by atoms with Crippen molar-refractivity contribution in [2.45, 2.75) is 12.7 Å². The molecule has 1 amide bonds. The molecule has 3 N–H and O–H groups in total. The van der Waals surface area contributed by atoms with Gasteiger partial charge in [0.25, 0.3) is 5.91 Å². The van der Waals surface area contributed by atoms with Crippen LogP contribution in [0.1, 0.15) is 27.1 Å². The summed E-state index contributed by atoms with van der Waals surface area (Å²) < 4.78 is 98.8. The van der Waals surface area contributed by atoms with Crippen LogP contribution in [0, 0.1) is 0 Å². The molecular weight excluding hydrogens is 489 g/mol. The number of amides is 1. The van der Waals surface area contributed by atoms with Crippen molar-refractivity contribution in [2.75, 3.05) is 35.3 Å². The summed E-state index contributed by atoms with van der Waals surface area (Å²) in [6, 6.07) is 1.52. The molecule has 2 heterocycles. The van der Waals surface area contributed by atoms with Crippen LogP contribution < -0.4 is 20.3 Å². The molecule has 11 nitrogen and oxygen atoms in total. The predicted molar refractivity (Wildman–Crippen MR) is 123 cm³/mol. The number of rotatable bonds is 8. The molecule has 0 saturated heterocycles. The van der Waals surface area contributed by atoms with Crippen molar-refractivity contribution < 1.29 is 31.9 Å². The zero-order valence-corrected chi connectivity index (χ0v) is 19.2. The Hall–Kier alpha value is -4.01. The van der Waals surface area contributed by atoms with Crippen molar-refractivity contribution >= 4 is 39.2 Å². The third-order valence-corrected chi connectivity index (χ3v) is 5.51. The summed E-state index contributed by atoms with van der Waals surface area (Å²) in [7, 11) is -1.52. The molecule has 35 heavy (non-hydrogen) atoms. The zero-order chi connectivity index (χ0) is 29.3. The number of alkyl halides is 3. The summed E-state index contributed by atoms with van der Waals surface area (Å²) in [6.07, 6.45) is -1.75. The lowest BCUT2D eigenvalue weighted by Crippen LogP contribution is -2.27. The van der Waals surface area contributed by atoms with Crippen molar-refractivity contribution in [3.63, 3.8) is 0 Å². The first-order chi connectivity index (χ1) is 18.0. The molecule has 0 unspecified atom stereocenters. The van der Waals surface area contributed by atoms with E-state index in [9.17, 15) is 26.4 Å². The van der Waals surface area contributed by atoms with Crippen molar-refractivity contribution in [3.05, 3.63) is 59.6 Å². The lowest BCUT2D eigenvalue weighted by Gasteiger charge is -2.19. The number of hydrogen-bond acceptors (Lipinski definition) is 9. The molecule has 2 aromatic heterocycles. The van der Waals surface area contributed by atoms with E-state index >= 15 is 0 Å². The molecule has 0 fully saturated rings. The van der Waals surface area contributed by atoms with Gasteiger partial charge < -0.3 is 16.0 Å². The molecule has 0 aliphatic carbocycles. The van der Waals surface area contributed by atoms with E-state index in [1.807, 2.05) is 5.32 Å². The van der Waals surface area contributed by atoms with Crippen molar-refractivity contribution in [1.82, 2.24) is 25.3 Å². The second-order valence-electron chi connectivity index (χ2n) is 6.77. The summed E-state index contributed by atoms with van der Waals surface area (Å²) in [4.78, 5) is 26.7. The number of carbonyl (C=O) groups excluding carboxylic acids is 1. The lowest BCUT2D eigenvalue weighted by molar-refractivity contribution is -0.137. The van der Waals surface area contributed by atoms with Crippen LogP contribution in [0.15, 0.2) is 42.8 Å². The summed E-state index contributed by atoms with van der Waals surface area (Å²) in [5.74, 6) is -2.63. The van der Waals surface area contributed by atoms with Gasteiger partial charge in [-0.1, -0.05) is 0 Å². The molecule has 0 spiro atoms. The minimum Gasteiger partial charge on any atom is -0.364 e. The quantitative estimate of drug-likeness (QED) is 0.413. The highest BCUT2D eigenvalue weighted by molar-refractivity contribution is 7.92. The number of sulfonamides is 1. The van der Waals surface area contributed by atoms with Crippen LogP contribution in [0.4, 0.5) is 36.4 Å². The Labute approximate surface area is 204 Å². The summed E-state index contributed by atoms with van der Waals surface area (Å²) in [6.45, 7) is -2.94. The van der Waals surface area contributed by atoms with E-state index in [0.29, 0.717) is 10.5 Å². The van der Waals surface area contributed by atoms with E-state index in [4.69, 9.17) is 5.48 Å². The number of nitrogens with zero attached hydrogens (tertiary/aromatic N) is 5. The monoisotopic (exact) mass is 514 g/mol. The van der Waals surface area contributed by atoms with Gasteiger partial charge in [0, 0.05) is 43.9 Å². The number of benzene rings is 1. The summed E-state index contributed by atoms with van der Waals surface area (Å²) in [5, 5.41) is 6.78. The van der Waals surface area contributed by atoms with E-state index in [1.165, 1.54) is 7.05 Å². The molecule has 0 aliphatic rings. The Bertz CT molecular complexity index is 1500. The number of halogens is 3. The molecule has 0 atom stereocenters. The fraction of sp³-hybridized carbons (Fsp3) is 0.250. The van der Waals surface area contributed by atoms with Crippen LogP contribution in [0.5, 0.6) is 0 Å². The van der Waals surface area contributed by atoms with Gasteiger partial charge in [-0.05, 0) is 24.2 Å². The molecule has 0 saturated carbocycles. The molecule has 3 rings (SSSR count). The average molecular weight is 515 g/mol. The van der Waals surface area contributed by atoms with Crippen LogP contribution in [0.25, 0.3) is 0 Å². The van der Waals surface area contributed by atoms with Crippen LogP contribution in [-0.4, -0.2) is 54.6 Å². The highest BCUT2D eigenvalue weighted by Crippen LogP contribution is 2.34. The van der Waals surface area contributed by atoms with E-state index in [2.05, 4.69) is 30.6 Å². The number of anilines is 4. The second kappa shape index (κ2) is 10.1. The third-order valence-electron chi connectivity index (χ3n) is 4.34. The number of carbonyl (C=O) groups is 1. The minimum atomic E-state index is -5.04. The molecule has 0 radical (unpaired) electrons. The maximum absolute atomic E-state index is 13.8. The number of aromatic nitrogens is 4. The summed E-state index contributed by atoms with van der Waals surface area (Å²) in [5.41, 5.74) is -2.35. The largest absolute Gasteiger partial charge is 0.421 e. The summed E-state index contributed by atoms with van der Waals surface area (Å²) >= 11 is 0. The Kier molecular flexibility index (Phi) is 5.87. The molecule has 3 aromatic rings. The van der Waals surface area contributed by atoms with Gasteiger partial charge in [-0.25, -0.2) is 18.4 Å². The van der Waals surface area contributed by atoms with Crippen LogP contribution in [0.2, 0.25) is 0 Å². The van der Waals surface area contributed by atoms with Gasteiger partial charge in [0.2, 0.25) is 16.0 Å². The van der Waals surface area contributed by atoms with E-state index in [0.717, 1.165) is 37.8 Å². The Morgan fingerprint density at radius 2 is 1.86 bits per heavy atom. The zero-order valence-electron chi connectivity index (χ0n) is 22.4. The standard InChI is InChI=1S/C20H21F3N8O3S/c1-24-18(32)12-4-6-13(7-5-12)29-19-28-10-14(20(21,22)23)16(30-19)27-11-15-17(26-9-8-25-15)31(2)35(3,33)34/h4-10H,11H2,1-3H3,(H,24,32)(H2,27,28,29,30)/i6D,7D,11D2. The van der Waals surface area contributed by atoms with Gasteiger partial charge in [0.15, 0.2) is 5.82 Å². The van der Waals surface area contributed by atoms with Crippen LogP contribution >= 0.6 is 0 Å². The normalized spacial score (nSPS) is 13.7. The maximum Gasteiger partial charge on any atom is 0.421 e. The van der Waals surface area contributed by atoms with Crippen LogP contribution in [-0.2, 0) is 22.7 Å². The number of nitrogens with one attached hydrogen (secondary N) is 3. The van der Waals surface area contributed by atoms with Crippen molar-refractivity contribution in [2.24, 2.45) is 0 Å². The predicted octanol–water partition coefficient (Wildman–Crippen LogP) is 2.40. The maximum atomic E-state index is 13.8. The second-order valence-corrected chi connectivity index (χ2v) is 8.79. The Balaban J connectivity index is 2.07. The topological polar surface area (TPSA) is 142 Å². The van der Waals surface area contributed by atoms with Gasteiger partial charge >= 0.3 is 6.18 Å². The molecule has 15 heteroatoms. The van der Waals surface area contributed by atoms with Crippen molar-refractivity contribution in [1.29, 1.82) is 0 Å². The van der Waals surface area contributed by atoms with Crippen LogP contribution in [0.3, 0.4) is 0 Å². The van der Waals surface area contributed by atoms with Gasteiger partial charge in [-0.15, -0.1) is 0 Å². The van der Waals surface area contributed by atoms with Gasteiger partial charge in [-0.2, -0.15) is 18.2 Å². The number of hydrogen-bond donors (Lipinski definition) is 3. The third kappa shape index (κ3) is 6.32. The first-order valence-electron chi connectivity index (χ1n) is 11.5. The first kappa shape index (κ1) is 20.4. The molecule has 186 valence electrons. The molecular formula is C20H21F3N8O3S. The minimum absolute atomic E-state index is 0.000718. The molecule has 0 aliphatic heterocycles. The Morgan fingerprint density at radius 1 is 1.20 bits per heavy atom. The Morgan fingerprint density at radius 3 is 2.46 bits per heavy atom. The van der Waals surface area contributed by atoms with Crippen molar-refractivity contribution in [3.8, 4) is 0 Å². The molecule has 0 bridgehead atoms. The van der Waals surface area contributed by atoms with Gasteiger partial charge in [0.05, 0.1) is 18.2 Å². The van der Waals surface area contributed by atoms with E-state index in [1.54, 1.807) is 0 Å². The highest BCUT2D eigenvalue weighted by Gasteiger charge is 2.35. The molecule has 1 aromatic carbocycles. The smallest absolute Gasteiger partial charge is 0.364 e. The average Bonchev–Trinajstić information content (AvgIpc) is 2.83. The lowest BCUT2D eigenvalue weighted by atomic mass is 10.2. The fourth-order valence-electron chi connectivity index (χ4n) is 2.51.